The van der Waals surface area contributed by atoms with Crippen LogP contribution < -0.4 is 10.1 Å². The molecule has 0 radical (unpaired) electrons. The second kappa shape index (κ2) is 10.4. The lowest BCUT2D eigenvalue weighted by molar-refractivity contribution is -0.152. The number of esters is 1. The maximum Gasteiger partial charge on any atom is 0.325 e. The van der Waals surface area contributed by atoms with E-state index in [0.29, 0.717) is 24.3 Å². The van der Waals surface area contributed by atoms with Gasteiger partial charge < -0.3 is 19.7 Å². The van der Waals surface area contributed by atoms with E-state index in [-0.39, 0.29) is 17.4 Å². The van der Waals surface area contributed by atoms with Crippen LogP contribution in [0.1, 0.15) is 30.6 Å². The fraction of sp³-hybridized carbons (Fsp3) is 0.550. The van der Waals surface area contributed by atoms with Crippen molar-refractivity contribution in [3.8, 4) is 5.75 Å². The molecule has 1 aliphatic rings. The van der Waals surface area contributed by atoms with Gasteiger partial charge in [0.25, 0.3) is 11.8 Å². The van der Waals surface area contributed by atoms with Gasteiger partial charge in [0, 0.05) is 18.2 Å². The summed E-state index contributed by atoms with van der Waals surface area (Å²) >= 11 is 0. The number of methoxy groups -OCH3 is 1. The fourth-order valence-corrected chi connectivity index (χ4v) is 4.89. The van der Waals surface area contributed by atoms with Crippen LogP contribution in [0, 0.1) is 5.92 Å². The molecule has 1 saturated heterocycles. The van der Waals surface area contributed by atoms with Gasteiger partial charge in [-0.25, -0.2) is 8.42 Å². The largest absolute Gasteiger partial charge is 0.497 e. The molecule has 2 amide bonds. The van der Waals surface area contributed by atoms with Crippen molar-refractivity contribution in [2.24, 2.45) is 5.92 Å². The SMILES string of the molecule is COc1cccc(C(=O)NCC(=O)OCC(=O)N(CC(C)C)C2CCS(=O)(=O)C2)c1. The number of nitrogens with one attached hydrogen (secondary N) is 1. The first kappa shape index (κ1) is 23.7. The number of carbonyl (C=O) groups excluding carboxylic acids is 3. The van der Waals surface area contributed by atoms with Gasteiger partial charge in [0.05, 0.1) is 18.6 Å². The van der Waals surface area contributed by atoms with Crippen LogP contribution >= 0.6 is 0 Å². The van der Waals surface area contributed by atoms with E-state index in [0.717, 1.165) is 0 Å². The Bertz CT molecular complexity index is 883. The van der Waals surface area contributed by atoms with Crippen LogP contribution in [0.5, 0.6) is 5.75 Å². The number of nitrogens with zero attached hydrogens (tertiary/aromatic N) is 1. The van der Waals surface area contributed by atoms with Gasteiger partial charge in [-0.05, 0) is 30.5 Å². The Balaban J connectivity index is 1.85. The van der Waals surface area contributed by atoms with E-state index in [9.17, 15) is 22.8 Å². The van der Waals surface area contributed by atoms with Crippen molar-refractivity contribution in [3.63, 3.8) is 0 Å². The van der Waals surface area contributed by atoms with Gasteiger partial charge in [-0.3, -0.25) is 14.4 Å². The van der Waals surface area contributed by atoms with Crippen LogP contribution in [0.3, 0.4) is 0 Å². The molecule has 1 aromatic rings. The van der Waals surface area contributed by atoms with E-state index >= 15 is 0 Å². The molecule has 10 heteroatoms. The molecule has 0 saturated carbocycles. The molecule has 1 unspecified atom stereocenters. The Labute approximate surface area is 176 Å². The number of benzene rings is 1. The topological polar surface area (TPSA) is 119 Å². The Morgan fingerprint density at radius 2 is 2.00 bits per heavy atom. The van der Waals surface area contributed by atoms with Gasteiger partial charge in [-0.1, -0.05) is 19.9 Å². The maximum absolute atomic E-state index is 12.6. The zero-order chi connectivity index (χ0) is 22.3. The quantitative estimate of drug-likeness (QED) is 0.560. The molecule has 1 fully saturated rings. The molecule has 9 nitrogen and oxygen atoms in total. The molecule has 166 valence electrons. The molecule has 30 heavy (non-hydrogen) atoms. The molecule has 0 bridgehead atoms. The molecule has 0 aromatic heterocycles. The zero-order valence-corrected chi connectivity index (χ0v) is 18.2. The molecule has 2 rings (SSSR count). The van der Waals surface area contributed by atoms with Crippen LogP contribution in [-0.4, -0.2) is 75.5 Å². The molecular weight excluding hydrogens is 412 g/mol. The summed E-state index contributed by atoms with van der Waals surface area (Å²) in [6.45, 7) is 3.32. The highest BCUT2D eigenvalue weighted by Crippen LogP contribution is 2.19. The Kier molecular flexibility index (Phi) is 8.22. The standard InChI is InChI=1S/C20H28N2O7S/c1-14(2)11-22(16-7-8-30(26,27)13-16)18(23)12-29-19(24)10-21-20(25)15-5-4-6-17(9-15)28-3/h4-6,9,14,16H,7-8,10-13H2,1-3H3,(H,21,25). The zero-order valence-electron chi connectivity index (χ0n) is 17.4. The Morgan fingerprint density at radius 3 is 2.60 bits per heavy atom. The highest BCUT2D eigenvalue weighted by Gasteiger charge is 2.35. The minimum Gasteiger partial charge on any atom is -0.497 e. The van der Waals surface area contributed by atoms with E-state index in [1.807, 2.05) is 13.8 Å². The third kappa shape index (κ3) is 7.01. The van der Waals surface area contributed by atoms with Crippen molar-refractivity contribution in [3.05, 3.63) is 29.8 Å². The van der Waals surface area contributed by atoms with Gasteiger partial charge in [0.15, 0.2) is 16.4 Å². The lowest BCUT2D eigenvalue weighted by atomic mass is 10.1. The van der Waals surface area contributed by atoms with E-state index in [4.69, 9.17) is 9.47 Å². The number of amides is 2. The molecule has 0 aliphatic carbocycles. The van der Waals surface area contributed by atoms with Crippen molar-refractivity contribution in [2.45, 2.75) is 26.3 Å². The van der Waals surface area contributed by atoms with Crippen LogP contribution in [0.15, 0.2) is 24.3 Å². The summed E-state index contributed by atoms with van der Waals surface area (Å²) in [6, 6.07) is 6.04. The van der Waals surface area contributed by atoms with Gasteiger partial charge in [-0.15, -0.1) is 0 Å². The molecule has 1 N–H and O–H groups in total. The fourth-order valence-electron chi connectivity index (χ4n) is 3.16. The average molecular weight is 441 g/mol. The molecule has 0 spiro atoms. The average Bonchev–Trinajstić information content (AvgIpc) is 3.07. The van der Waals surface area contributed by atoms with Crippen molar-refractivity contribution in [1.82, 2.24) is 10.2 Å². The normalized spacial score (nSPS) is 17.4. The van der Waals surface area contributed by atoms with Gasteiger partial charge in [-0.2, -0.15) is 0 Å². The Hall–Kier alpha value is -2.62. The summed E-state index contributed by atoms with van der Waals surface area (Å²) in [4.78, 5) is 38.1. The second-order valence-electron chi connectivity index (χ2n) is 7.57. The third-order valence-electron chi connectivity index (χ3n) is 4.61. The van der Waals surface area contributed by atoms with Gasteiger partial charge >= 0.3 is 5.97 Å². The van der Waals surface area contributed by atoms with Crippen LogP contribution in [0.4, 0.5) is 0 Å². The number of ether oxygens (including phenoxy) is 2. The molecule has 1 heterocycles. The lowest BCUT2D eigenvalue weighted by Crippen LogP contribution is -2.45. The summed E-state index contributed by atoms with van der Waals surface area (Å²) < 4.78 is 33.5. The number of hydrogen-bond acceptors (Lipinski definition) is 7. The van der Waals surface area contributed by atoms with Gasteiger partial charge in [0.1, 0.15) is 12.3 Å². The van der Waals surface area contributed by atoms with E-state index < -0.39 is 46.8 Å². The van der Waals surface area contributed by atoms with Crippen molar-refractivity contribution in [1.29, 1.82) is 0 Å². The number of hydrogen-bond donors (Lipinski definition) is 1. The first-order valence-corrected chi connectivity index (χ1v) is 11.5. The highest BCUT2D eigenvalue weighted by molar-refractivity contribution is 7.91. The first-order valence-electron chi connectivity index (χ1n) is 9.69. The van der Waals surface area contributed by atoms with E-state index in [1.165, 1.54) is 18.1 Å². The predicted octanol–water partition coefficient (Wildman–Crippen LogP) is 0.640. The minimum absolute atomic E-state index is 0.0512. The molecule has 1 aromatic carbocycles. The number of carbonyl (C=O) groups is 3. The molecular formula is C20H28N2O7S. The van der Waals surface area contributed by atoms with E-state index in [2.05, 4.69) is 5.32 Å². The Morgan fingerprint density at radius 1 is 1.27 bits per heavy atom. The highest BCUT2D eigenvalue weighted by atomic mass is 32.2. The van der Waals surface area contributed by atoms with Gasteiger partial charge in [0.2, 0.25) is 0 Å². The first-order chi connectivity index (χ1) is 14.1. The van der Waals surface area contributed by atoms with Crippen LogP contribution in [0.25, 0.3) is 0 Å². The summed E-state index contributed by atoms with van der Waals surface area (Å²) in [7, 11) is -1.67. The van der Waals surface area contributed by atoms with E-state index in [1.54, 1.807) is 18.2 Å². The van der Waals surface area contributed by atoms with Crippen molar-refractivity contribution in [2.75, 3.05) is 38.3 Å². The summed E-state index contributed by atoms with van der Waals surface area (Å²) in [5.74, 6) is -1.06. The maximum atomic E-state index is 12.6. The minimum atomic E-state index is -3.15. The molecule has 1 aliphatic heterocycles. The van der Waals surface area contributed by atoms with Crippen molar-refractivity contribution >= 4 is 27.6 Å². The lowest BCUT2D eigenvalue weighted by Gasteiger charge is -2.29. The summed E-state index contributed by atoms with van der Waals surface area (Å²) in [5, 5.41) is 2.43. The van der Waals surface area contributed by atoms with Crippen molar-refractivity contribution < 1.29 is 32.3 Å². The van der Waals surface area contributed by atoms with Crippen LogP contribution in [-0.2, 0) is 24.2 Å². The number of rotatable bonds is 9. The third-order valence-corrected chi connectivity index (χ3v) is 6.36. The molecule has 1 atom stereocenters. The monoisotopic (exact) mass is 440 g/mol. The smallest absolute Gasteiger partial charge is 0.325 e. The number of sulfone groups is 1. The second-order valence-corrected chi connectivity index (χ2v) is 9.80. The summed E-state index contributed by atoms with van der Waals surface area (Å²) in [5.41, 5.74) is 0.323. The predicted molar refractivity (Wildman–Crippen MR) is 110 cm³/mol. The summed E-state index contributed by atoms with van der Waals surface area (Å²) in [6.07, 6.45) is 0.380. The van der Waals surface area contributed by atoms with Crippen LogP contribution in [0.2, 0.25) is 0 Å².